The van der Waals surface area contributed by atoms with Crippen LogP contribution in [0.4, 0.5) is 4.39 Å². The molecule has 0 aliphatic rings. The van der Waals surface area contributed by atoms with Crippen molar-refractivity contribution in [1.82, 2.24) is 24.8 Å². The summed E-state index contributed by atoms with van der Waals surface area (Å²) in [6.45, 7) is 0. The number of halogens is 2. The molecule has 0 fully saturated rings. The number of sulfonamides is 1. The van der Waals surface area contributed by atoms with E-state index in [1.807, 2.05) is 5.43 Å². The highest BCUT2D eigenvalue weighted by Gasteiger charge is 2.22. The van der Waals surface area contributed by atoms with Crippen LogP contribution in [0.2, 0.25) is 5.02 Å². The van der Waals surface area contributed by atoms with E-state index >= 15 is 0 Å². The Morgan fingerprint density at radius 1 is 1.36 bits per heavy atom. The van der Waals surface area contributed by atoms with Crippen molar-refractivity contribution in [2.24, 2.45) is 7.05 Å². The van der Waals surface area contributed by atoms with Gasteiger partial charge in [0.1, 0.15) is 4.90 Å². The van der Waals surface area contributed by atoms with Crippen LogP contribution < -0.4 is 15.8 Å². The maximum atomic E-state index is 14.3. The summed E-state index contributed by atoms with van der Waals surface area (Å²) in [6.07, 6.45) is 4.40. The SMILES string of the molecule is Cn1cnc(-c2cc(Cl)c(F)c(C(=O)NNS(=O)(=O)c3ccc[nH]c3=O)c2)c1. The fourth-order valence-electron chi connectivity index (χ4n) is 2.32. The number of carbonyl (C=O) groups excluding carboxylic acids is 1. The van der Waals surface area contributed by atoms with Crippen molar-refractivity contribution in [2.45, 2.75) is 4.90 Å². The molecule has 0 aliphatic carbocycles. The van der Waals surface area contributed by atoms with Crippen molar-refractivity contribution in [3.8, 4) is 11.3 Å². The minimum absolute atomic E-state index is 0.337. The molecule has 0 saturated carbocycles. The number of amides is 1. The summed E-state index contributed by atoms with van der Waals surface area (Å²) in [6, 6.07) is 4.83. The van der Waals surface area contributed by atoms with Crippen molar-refractivity contribution in [2.75, 3.05) is 0 Å². The van der Waals surface area contributed by atoms with E-state index in [0.717, 1.165) is 6.07 Å². The zero-order valence-electron chi connectivity index (χ0n) is 14.2. The zero-order chi connectivity index (χ0) is 20.5. The number of aryl methyl sites for hydroxylation is 1. The molecule has 0 unspecified atom stereocenters. The molecule has 2 aromatic heterocycles. The molecule has 9 nitrogen and oxygen atoms in total. The number of pyridine rings is 1. The van der Waals surface area contributed by atoms with Gasteiger partial charge in [0.05, 0.1) is 22.6 Å². The Kier molecular flexibility index (Phi) is 5.31. The Bertz CT molecular complexity index is 1220. The molecule has 3 N–H and O–H groups in total. The number of benzene rings is 1. The van der Waals surface area contributed by atoms with Crippen LogP contribution in [0.15, 0.2) is 52.7 Å². The Labute approximate surface area is 163 Å². The number of rotatable bonds is 5. The number of hydrogen-bond donors (Lipinski definition) is 3. The van der Waals surface area contributed by atoms with Crippen LogP contribution in [0.25, 0.3) is 11.3 Å². The van der Waals surface area contributed by atoms with Gasteiger partial charge in [0.2, 0.25) is 0 Å². The number of nitrogens with zero attached hydrogens (tertiary/aromatic N) is 2. The molecule has 1 aromatic carbocycles. The van der Waals surface area contributed by atoms with E-state index in [2.05, 4.69) is 9.97 Å². The van der Waals surface area contributed by atoms with Gasteiger partial charge in [0.25, 0.3) is 21.5 Å². The van der Waals surface area contributed by atoms with Gasteiger partial charge in [-0.2, -0.15) is 0 Å². The van der Waals surface area contributed by atoms with Gasteiger partial charge in [-0.15, -0.1) is 4.83 Å². The third-order valence-electron chi connectivity index (χ3n) is 3.64. The molecule has 0 atom stereocenters. The Morgan fingerprint density at radius 3 is 2.75 bits per heavy atom. The van der Waals surface area contributed by atoms with Crippen LogP contribution in [0, 0.1) is 5.82 Å². The highest BCUT2D eigenvalue weighted by atomic mass is 35.5. The van der Waals surface area contributed by atoms with Gasteiger partial charge in [-0.25, -0.2) is 17.8 Å². The van der Waals surface area contributed by atoms with Gasteiger partial charge < -0.3 is 9.55 Å². The first-order valence-corrected chi connectivity index (χ1v) is 9.52. The van der Waals surface area contributed by atoms with Crippen LogP contribution in [0.3, 0.4) is 0 Å². The van der Waals surface area contributed by atoms with Crippen molar-refractivity contribution < 1.29 is 17.6 Å². The van der Waals surface area contributed by atoms with Crippen LogP contribution in [0.1, 0.15) is 10.4 Å². The van der Waals surface area contributed by atoms with Gasteiger partial charge in [0.15, 0.2) is 5.82 Å². The second-order valence-electron chi connectivity index (χ2n) is 5.67. The Balaban J connectivity index is 1.88. The maximum absolute atomic E-state index is 14.3. The number of aromatic amines is 1. The molecule has 3 aromatic rings. The van der Waals surface area contributed by atoms with Gasteiger partial charge in [0, 0.05) is 25.0 Å². The topological polar surface area (TPSA) is 126 Å². The second-order valence-corrected chi connectivity index (χ2v) is 7.73. The molecule has 1 amide bonds. The van der Waals surface area contributed by atoms with E-state index in [1.54, 1.807) is 22.6 Å². The summed E-state index contributed by atoms with van der Waals surface area (Å²) in [7, 11) is -2.64. The number of carbonyl (C=O) groups is 1. The number of nitrogens with one attached hydrogen (secondary N) is 3. The van der Waals surface area contributed by atoms with E-state index in [-0.39, 0.29) is 5.02 Å². The fraction of sp³-hybridized carbons (Fsp3) is 0.0625. The average Bonchev–Trinajstić information content (AvgIpc) is 3.08. The molecule has 28 heavy (non-hydrogen) atoms. The predicted molar refractivity (Wildman–Crippen MR) is 98.5 cm³/mol. The molecule has 0 spiro atoms. The van der Waals surface area contributed by atoms with E-state index < -0.39 is 37.8 Å². The number of imidazole rings is 1. The zero-order valence-corrected chi connectivity index (χ0v) is 15.8. The first kappa shape index (κ1) is 19.7. The molecule has 2 heterocycles. The molecule has 0 bridgehead atoms. The van der Waals surface area contributed by atoms with Gasteiger partial charge >= 0.3 is 0 Å². The highest BCUT2D eigenvalue weighted by Crippen LogP contribution is 2.27. The minimum Gasteiger partial charge on any atom is -0.340 e. The predicted octanol–water partition coefficient (Wildman–Crippen LogP) is 1.19. The number of hydrogen-bond acceptors (Lipinski definition) is 5. The standard InChI is InChI=1S/C16H13ClFN5O4S/c1-23-7-12(20-8-23)9-5-10(14(18)11(17)6-9)15(24)21-22-28(26,27)13-3-2-4-19-16(13)25/h2-8,22H,1H3,(H,19,25)(H,21,24). The van der Waals surface area contributed by atoms with Crippen LogP contribution >= 0.6 is 11.6 Å². The monoisotopic (exact) mass is 425 g/mol. The van der Waals surface area contributed by atoms with Gasteiger partial charge in [-0.3, -0.25) is 15.0 Å². The molecule has 0 radical (unpaired) electrons. The summed E-state index contributed by atoms with van der Waals surface area (Å²) in [5.74, 6) is -2.14. The fourth-order valence-corrected chi connectivity index (χ4v) is 3.43. The quantitative estimate of drug-likeness (QED) is 0.529. The van der Waals surface area contributed by atoms with Crippen LogP contribution in [0.5, 0.6) is 0 Å². The smallest absolute Gasteiger partial charge is 0.269 e. The number of H-pyrrole nitrogens is 1. The third-order valence-corrected chi connectivity index (χ3v) is 5.19. The van der Waals surface area contributed by atoms with Crippen LogP contribution in [-0.2, 0) is 17.1 Å². The largest absolute Gasteiger partial charge is 0.340 e. The summed E-state index contributed by atoms with van der Waals surface area (Å²) in [5.41, 5.74) is 1.28. The highest BCUT2D eigenvalue weighted by molar-refractivity contribution is 7.89. The minimum atomic E-state index is -4.37. The molecular formula is C16H13ClFN5O4S. The first-order valence-electron chi connectivity index (χ1n) is 7.66. The van der Waals surface area contributed by atoms with E-state index in [0.29, 0.717) is 11.3 Å². The summed E-state index contributed by atoms with van der Waals surface area (Å²) >= 11 is 5.85. The summed E-state index contributed by atoms with van der Waals surface area (Å²) < 4.78 is 40.3. The molecular weight excluding hydrogens is 413 g/mol. The first-order chi connectivity index (χ1) is 13.2. The van der Waals surface area contributed by atoms with Crippen molar-refractivity contribution in [1.29, 1.82) is 0 Å². The third kappa shape index (κ3) is 3.96. The van der Waals surface area contributed by atoms with Crippen molar-refractivity contribution in [3.05, 3.63) is 69.7 Å². The lowest BCUT2D eigenvalue weighted by Crippen LogP contribution is -2.43. The molecule has 12 heteroatoms. The number of aromatic nitrogens is 3. The Morgan fingerprint density at radius 2 is 2.11 bits per heavy atom. The normalized spacial score (nSPS) is 11.4. The maximum Gasteiger partial charge on any atom is 0.269 e. The van der Waals surface area contributed by atoms with Crippen molar-refractivity contribution >= 4 is 27.5 Å². The van der Waals surface area contributed by atoms with E-state index in [4.69, 9.17) is 11.6 Å². The molecule has 146 valence electrons. The van der Waals surface area contributed by atoms with Crippen LogP contribution in [-0.4, -0.2) is 28.9 Å². The van der Waals surface area contributed by atoms with E-state index in [1.165, 1.54) is 30.7 Å². The Hall–Kier alpha value is -3.02. The van der Waals surface area contributed by atoms with E-state index in [9.17, 15) is 22.4 Å². The summed E-state index contributed by atoms with van der Waals surface area (Å²) in [5, 5.41) is -0.337. The second kappa shape index (κ2) is 7.54. The van der Waals surface area contributed by atoms with Gasteiger partial charge in [-0.05, 0) is 24.3 Å². The van der Waals surface area contributed by atoms with Gasteiger partial charge in [-0.1, -0.05) is 11.6 Å². The lowest BCUT2D eigenvalue weighted by atomic mass is 10.1. The molecule has 0 aliphatic heterocycles. The lowest BCUT2D eigenvalue weighted by Gasteiger charge is -2.10. The molecule has 0 saturated heterocycles. The lowest BCUT2D eigenvalue weighted by molar-refractivity contribution is 0.0941. The summed E-state index contributed by atoms with van der Waals surface area (Å²) in [4.78, 5) is 31.4. The van der Waals surface area contributed by atoms with Crippen molar-refractivity contribution in [3.63, 3.8) is 0 Å². The average molecular weight is 426 g/mol. The molecule has 3 rings (SSSR count). The number of hydrazine groups is 1.